The summed E-state index contributed by atoms with van der Waals surface area (Å²) >= 11 is 0. The van der Waals surface area contributed by atoms with E-state index < -0.39 is 23.6 Å². The molecule has 0 bridgehead atoms. The van der Waals surface area contributed by atoms with Crippen molar-refractivity contribution in [2.24, 2.45) is 5.92 Å². The van der Waals surface area contributed by atoms with Crippen LogP contribution in [-0.4, -0.2) is 24.9 Å². The lowest BCUT2D eigenvalue weighted by Gasteiger charge is -2.21. The third-order valence-corrected chi connectivity index (χ3v) is 4.08. The molecule has 0 saturated carbocycles. The van der Waals surface area contributed by atoms with Crippen LogP contribution in [0.5, 0.6) is 0 Å². The number of carbonyl (C=O) groups is 2. The van der Waals surface area contributed by atoms with Crippen LogP contribution in [0.1, 0.15) is 38.2 Å². The molecule has 2 rings (SSSR count). The van der Waals surface area contributed by atoms with Gasteiger partial charge in [0.1, 0.15) is 0 Å². The minimum atomic E-state index is -4.54. The predicted molar refractivity (Wildman–Crippen MR) is 84.4 cm³/mol. The highest BCUT2D eigenvalue weighted by molar-refractivity contribution is 6.00. The largest absolute Gasteiger partial charge is 0.418 e. The molecule has 1 aliphatic rings. The Labute approximate surface area is 139 Å². The predicted octanol–water partition coefficient (Wildman–Crippen LogP) is 3.36. The minimum absolute atomic E-state index is 0.0223. The summed E-state index contributed by atoms with van der Waals surface area (Å²) in [5.41, 5.74) is -1.04. The molecule has 1 saturated heterocycles. The van der Waals surface area contributed by atoms with Gasteiger partial charge in [0.05, 0.1) is 17.2 Å². The first-order valence-electron chi connectivity index (χ1n) is 8.09. The zero-order valence-corrected chi connectivity index (χ0v) is 13.5. The summed E-state index contributed by atoms with van der Waals surface area (Å²) in [6, 6.07) is 4.95. The summed E-state index contributed by atoms with van der Waals surface area (Å²) in [5, 5.41) is 2.76. The molecular formula is C17H21F3N2O2. The van der Waals surface area contributed by atoms with Crippen LogP contribution in [0, 0.1) is 5.92 Å². The third kappa shape index (κ3) is 4.27. The molecule has 1 aromatic rings. The third-order valence-electron chi connectivity index (χ3n) is 4.08. The molecule has 0 spiro atoms. The zero-order valence-electron chi connectivity index (χ0n) is 13.5. The molecule has 1 aromatic carbocycles. The fourth-order valence-electron chi connectivity index (χ4n) is 2.80. The molecule has 24 heavy (non-hydrogen) atoms. The molecule has 4 nitrogen and oxygen atoms in total. The van der Waals surface area contributed by atoms with Crippen molar-refractivity contribution in [2.75, 3.05) is 18.0 Å². The van der Waals surface area contributed by atoms with Gasteiger partial charge in [0.25, 0.3) is 0 Å². The lowest BCUT2D eigenvalue weighted by molar-refractivity contribution is -0.137. The van der Waals surface area contributed by atoms with Crippen LogP contribution in [0.25, 0.3) is 0 Å². The van der Waals surface area contributed by atoms with E-state index >= 15 is 0 Å². The van der Waals surface area contributed by atoms with Crippen molar-refractivity contribution in [1.29, 1.82) is 0 Å². The fraction of sp³-hybridized carbons (Fsp3) is 0.529. The zero-order chi connectivity index (χ0) is 17.7. The van der Waals surface area contributed by atoms with Crippen LogP contribution in [0.15, 0.2) is 24.3 Å². The highest BCUT2D eigenvalue weighted by Gasteiger charge is 2.40. The van der Waals surface area contributed by atoms with Crippen molar-refractivity contribution in [2.45, 2.75) is 38.8 Å². The van der Waals surface area contributed by atoms with Crippen molar-refractivity contribution in [3.63, 3.8) is 0 Å². The van der Waals surface area contributed by atoms with E-state index in [2.05, 4.69) is 5.32 Å². The Balaban J connectivity index is 2.07. The van der Waals surface area contributed by atoms with Crippen LogP contribution in [0.2, 0.25) is 0 Å². The van der Waals surface area contributed by atoms with Crippen LogP contribution >= 0.6 is 0 Å². The number of halogens is 3. The van der Waals surface area contributed by atoms with Gasteiger partial charge in [-0.1, -0.05) is 31.9 Å². The number of rotatable bonds is 6. The van der Waals surface area contributed by atoms with Crippen LogP contribution < -0.4 is 10.2 Å². The molecule has 132 valence electrons. The summed E-state index contributed by atoms with van der Waals surface area (Å²) in [5.74, 6) is -1.34. The van der Waals surface area contributed by atoms with E-state index in [0.717, 1.165) is 30.2 Å². The van der Waals surface area contributed by atoms with E-state index in [1.165, 1.54) is 18.2 Å². The average Bonchev–Trinajstić information content (AvgIpc) is 2.92. The van der Waals surface area contributed by atoms with Gasteiger partial charge < -0.3 is 10.2 Å². The van der Waals surface area contributed by atoms with Crippen LogP contribution in [0.4, 0.5) is 18.9 Å². The van der Waals surface area contributed by atoms with E-state index in [1.54, 1.807) is 0 Å². The van der Waals surface area contributed by atoms with Gasteiger partial charge in [-0.3, -0.25) is 9.59 Å². The van der Waals surface area contributed by atoms with Crippen LogP contribution in [-0.2, 0) is 15.8 Å². The van der Waals surface area contributed by atoms with Gasteiger partial charge >= 0.3 is 6.18 Å². The van der Waals surface area contributed by atoms with Gasteiger partial charge in [-0.25, -0.2) is 0 Å². The van der Waals surface area contributed by atoms with Gasteiger partial charge in [-0.2, -0.15) is 13.2 Å². The molecule has 1 unspecified atom stereocenters. The molecule has 1 N–H and O–H groups in total. The second-order valence-electron chi connectivity index (χ2n) is 5.92. The van der Waals surface area contributed by atoms with Crippen molar-refractivity contribution < 1.29 is 22.8 Å². The molecule has 7 heteroatoms. The van der Waals surface area contributed by atoms with E-state index in [-0.39, 0.29) is 24.6 Å². The maximum absolute atomic E-state index is 13.1. The van der Waals surface area contributed by atoms with Crippen molar-refractivity contribution in [3.05, 3.63) is 29.8 Å². The normalized spacial score (nSPS) is 18.1. The Bertz CT molecular complexity index is 602. The maximum atomic E-state index is 13.1. The van der Waals surface area contributed by atoms with Gasteiger partial charge in [-0.15, -0.1) is 0 Å². The molecule has 2 amide bonds. The molecule has 0 aliphatic carbocycles. The van der Waals surface area contributed by atoms with Gasteiger partial charge in [0.15, 0.2) is 0 Å². The topological polar surface area (TPSA) is 49.4 Å². The molecule has 1 atom stereocenters. The van der Waals surface area contributed by atoms with Crippen LogP contribution in [0.3, 0.4) is 0 Å². The van der Waals surface area contributed by atoms with Crippen molar-refractivity contribution in [3.8, 4) is 0 Å². The quantitative estimate of drug-likeness (QED) is 0.806. The summed E-state index contributed by atoms with van der Waals surface area (Å²) in [7, 11) is 0. The summed E-state index contributed by atoms with van der Waals surface area (Å²) in [6.07, 6.45) is -1.73. The summed E-state index contributed by atoms with van der Waals surface area (Å²) in [4.78, 5) is 25.3. The number of hydrogen-bond acceptors (Lipinski definition) is 2. The Morgan fingerprint density at radius 2 is 2.00 bits per heavy atom. The summed E-state index contributed by atoms with van der Waals surface area (Å²) < 4.78 is 39.3. The number of nitrogens with one attached hydrogen (secondary N) is 1. The monoisotopic (exact) mass is 342 g/mol. The second kappa shape index (κ2) is 7.68. The SMILES string of the molecule is CCCCCNC(=O)C1CC(=O)N(c2ccccc2C(F)(F)F)C1. The molecule has 0 radical (unpaired) electrons. The molecule has 1 fully saturated rings. The van der Waals surface area contributed by atoms with Gasteiger partial charge in [-0.05, 0) is 18.6 Å². The molecular weight excluding hydrogens is 321 g/mol. The minimum Gasteiger partial charge on any atom is -0.356 e. The number of benzene rings is 1. The highest BCUT2D eigenvalue weighted by atomic mass is 19.4. The fourth-order valence-corrected chi connectivity index (χ4v) is 2.80. The lowest BCUT2D eigenvalue weighted by Crippen LogP contribution is -2.34. The first kappa shape index (κ1) is 18.3. The number of alkyl halides is 3. The number of para-hydroxylation sites is 1. The standard InChI is InChI=1S/C17H21F3N2O2/c1-2-3-6-9-21-16(24)12-10-15(23)22(11-12)14-8-5-4-7-13(14)17(18,19)20/h4-5,7-8,12H,2-3,6,9-11H2,1H3,(H,21,24). The molecule has 1 aliphatic heterocycles. The first-order chi connectivity index (χ1) is 11.3. The number of anilines is 1. The summed E-state index contributed by atoms with van der Waals surface area (Å²) in [6.45, 7) is 2.55. The highest BCUT2D eigenvalue weighted by Crippen LogP contribution is 2.38. The van der Waals surface area contributed by atoms with E-state index in [0.29, 0.717) is 6.54 Å². The molecule has 0 aromatic heterocycles. The van der Waals surface area contributed by atoms with Gasteiger partial charge in [0, 0.05) is 19.5 Å². The Kier molecular flexibility index (Phi) is 5.85. The number of hydrogen-bond donors (Lipinski definition) is 1. The van der Waals surface area contributed by atoms with Crippen molar-refractivity contribution in [1.82, 2.24) is 5.32 Å². The number of nitrogens with zero attached hydrogens (tertiary/aromatic N) is 1. The number of unbranched alkanes of at least 4 members (excludes halogenated alkanes) is 2. The number of amides is 2. The Morgan fingerprint density at radius 1 is 1.29 bits per heavy atom. The van der Waals surface area contributed by atoms with Crippen molar-refractivity contribution >= 4 is 17.5 Å². The Morgan fingerprint density at radius 3 is 2.67 bits per heavy atom. The van der Waals surface area contributed by atoms with E-state index in [4.69, 9.17) is 0 Å². The lowest BCUT2D eigenvalue weighted by atomic mass is 10.1. The Hall–Kier alpha value is -2.05. The van der Waals surface area contributed by atoms with E-state index in [9.17, 15) is 22.8 Å². The second-order valence-corrected chi connectivity index (χ2v) is 5.92. The smallest absolute Gasteiger partial charge is 0.356 e. The first-order valence-corrected chi connectivity index (χ1v) is 8.09. The number of carbonyl (C=O) groups excluding carboxylic acids is 2. The van der Waals surface area contributed by atoms with E-state index in [1.807, 2.05) is 6.92 Å². The average molecular weight is 342 g/mol. The molecule has 1 heterocycles. The van der Waals surface area contributed by atoms with Gasteiger partial charge in [0.2, 0.25) is 11.8 Å². The maximum Gasteiger partial charge on any atom is 0.418 e.